The molecule has 2 aromatic heterocycles. The van der Waals surface area contributed by atoms with Crippen LogP contribution in [0.15, 0.2) is 12.4 Å². The summed E-state index contributed by atoms with van der Waals surface area (Å²) in [6.45, 7) is 16.3. The summed E-state index contributed by atoms with van der Waals surface area (Å²) in [6, 6.07) is 0.191. The van der Waals surface area contributed by atoms with E-state index in [0.29, 0.717) is 44.4 Å². The fraction of sp³-hybridized carbons (Fsp3) is 0.704. The second-order valence-corrected chi connectivity index (χ2v) is 11.8. The molecule has 1 atom stereocenters. The molecule has 2 saturated heterocycles. The number of hydrogen-bond donors (Lipinski definition) is 1. The molecule has 0 radical (unpaired) electrons. The third-order valence-electron chi connectivity index (χ3n) is 6.88. The van der Waals surface area contributed by atoms with Crippen molar-refractivity contribution in [3.8, 4) is 0 Å². The van der Waals surface area contributed by atoms with Gasteiger partial charge in [-0.15, -0.1) is 0 Å². The summed E-state index contributed by atoms with van der Waals surface area (Å²) < 4.78 is 13.3. The number of rotatable bonds is 5. The van der Waals surface area contributed by atoms with E-state index in [1.165, 1.54) is 0 Å². The maximum Gasteiger partial charge on any atom is 0.410 e. The Labute approximate surface area is 219 Å². The average Bonchev–Trinajstić information content (AvgIpc) is 3.45. The maximum absolute atomic E-state index is 12.8. The van der Waals surface area contributed by atoms with Crippen LogP contribution in [0.5, 0.6) is 0 Å². The van der Waals surface area contributed by atoms with Gasteiger partial charge in [0.15, 0.2) is 11.5 Å². The molecule has 1 N–H and O–H groups in total. The molecule has 2 amide bonds. The Morgan fingerprint density at radius 3 is 2.30 bits per heavy atom. The standard InChI is InChI=1S/C27H42N6O4/c1-17(2)21-16-33-22(18(3)4)14-28-24(33)23(30-21)29-19-8-11-31(12-9-19)25(34)36-20-10-13-32(15-20)26(35)37-27(5,6)7/h14,16-20H,8-13,15H2,1-7H3,(H,29,30)/t20-/m0/s1. The van der Waals surface area contributed by atoms with Gasteiger partial charge in [0, 0.05) is 50.2 Å². The van der Waals surface area contributed by atoms with Gasteiger partial charge in [0.05, 0.1) is 12.2 Å². The van der Waals surface area contributed by atoms with Crippen LogP contribution >= 0.6 is 0 Å². The van der Waals surface area contributed by atoms with Gasteiger partial charge in [-0.25, -0.2) is 19.6 Å². The van der Waals surface area contributed by atoms with Crippen LogP contribution in [0, 0.1) is 0 Å². The minimum atomic E-state index is -0.546. The molecule has 0 aromatic carbocycles. The van der Waals surface area contributed by atoms with Gasteiger partial charge in [-0.05, 0) is 45.4 Å². The maximum atomic E-state index is 12.8. The van der Waals surface area contributed by atoms with E-state index in [9.17, 15) is 9.59 Å². The van der Waals surface area contributed by atoms with E-state index in [-0.39, 0.29) is 24.3 Å². The number of fused-ring (bicyclic) bond motifs is 1. The van der Waals surface area contributed by atoms with Crippen LogP contribution in [0.25, 0.3) is 5.65 Å². The van der Waals surface area contributed by atoms with Gasteiger partial charge < -0.3 is 24.6 Å². The van der Waals surface area contributed by atoms with Crippen LogP contribution in [0.1, 0.15) is 91.0 Å². The number of ether oxygens (including phenoxy) is 2. The Bertz CT molecular complexity index is 1110. The molecule has 10 nitrogen and oxygen atoms in total. The SMILES string of the molecule is CC(C)c1cn2c(C(C)C)cnc2c(NC2CCN(C(=O)O[C@H]3CCN(C(=O)OC(C)(C)C)C3)CC2)n1. The van der Waals surface area contributed by atoms with E-state index < -0.39 is 5.60 Å². The van der Waals surface area contributed by atoms with Crippen molar-refractivity contribution >= 4 is 23.7 Å². The Hall–Kier alpha value is -3.04. The number of carbonyl (C=O) groups excluding carboxylic acids is 2. The number of nitrogens with zero attached hydrogens (tertiary/aromatic N) is 5. The number of nitrogens with one attached hydrogen (secondary N) is 1. The highest BCUT2D eigenvalue weighted by atomic mass is 16.6. The average molecular weight is 515 g/mol. The molecule has 4 rings (SSSR count). The first kappa shape index (κ1) is 27.0. The van der Waals surface area contributed by atoms with E-state index >= 15 is 0 Å². The lowest BCUT2D eigenvalue weighted by atomic mass is 10.1. The summed E-state index contributed by atoms with van der Waals surface area (Å²) in [5.74, 6) is 1.45. The van der Waals surface area contributed by atoms with Crippen LogP contribution < -0.4 is 5.32 Å². The second-order valence-electron chi connectivity index (χ2n) is 11.8. The minimum absolute atomic E-state index is 0.191. The molecular weight excluding hydrogens is 472 g/mol. The Morgan fingerprint density at radius 1 is 1.00 bits per heavy atom. The monoisotopic (exact) mass is 514 g/mol. The van der Waals surface area contributed by atoms with Crippen molar-refractivity contribution in [2.45, 2.75) is 97.3 Å². The second kappa shape index (κ2) is 10.8. The van der Waals surface area contributed by atoms with Crippen LogP contribution in [0.2, 0.25) is 0 Å². The lowest BCUT2D eigenvalue weighted by Crippen LogP contribution is -2.44. The number of aromatic nitrogens is 3. The fourth-order valence-corrected chi connectivity index (χ4v) is 4.76. The summed E-state index contributed by atoms with van der Waals surface area (Å²) in [5, 5.41) is 3.61. The lowest BCUT2D eigenvalue weighted by molar-refractivity contribution is 0.0235. The van der Waals surface area contributed by atoms with Crippen molar-refractivity contribution in [1.29, 1.82) is 0 Å². The van der Waals surface area contributed by atoms with E-state index in [0.717, 1.165) is 35.7 Å². The Morgan fingerprint density at radius 2 is 1.68 bits per heavy atom. The van der Waals surface area contributed by atoms with Crippen molar-refractivity contribution in [3.63, 3.8) is 0 Å². The topological polar surface area (TPSA) is 101 Å². The molecule has 2 aliphatic heterocycles. The molecule has 0 spiro atoms. The lowest BCUT2D eigenvalue weighted by Gasteiger charge is -2.32. The first-order valence-electron chi connectivity index (χ1n) is 13.5. The summed E-state index contributed by atoms with van der Waals surface area (Å²) in [4.78, 5) is 38.0. The zero-order valence-electron chi connectivity index (χ0n) is 23.3. The largest absolute Gasteiger partial charge is 0.444 e. The molecule has 2 fully saturated rings. The van der Waals surface area contributed by atoms with E-state index in [4.69, 9.17) is 14.5 Å². The zero-order chi connectivity index (χ0) is 26.9. The van der Waals surface area contributed by atoms with Gasteiger partial charge in [-0.3, -0.25) is 4.40 Å². The fourth-order valence-electron chi connectivity index (χ4n) is 4.76. The van der Waals surface area contributed by atoms with Gasteiger partial charge in [-0.1, -0.05) is 27.7 Å². The normalized spacial score (nSPS) is 19.2. The van der Waals surface area contributed by atoms with Crippen molar-refractivity contribution < 1.29 is 19.1 Å². The van der Waals surface area contributed by atoms with Crippen molar-refractivity contribution in [2.24, 2.45) is 0 Å². The molecule has 0 unspecified atom stereocenters. The molecule has 2 aromatic rings. The van der Waals surface area contributed by atoms with Gasteiger partial charge in [-0.2, -0.15) is 0 Å². The smallest absolute Gasteiger partial charge is 0.410 e. The Kier molecular flexibility index (Phi) is 7.85. The van der Waals surface area contributed by atoms with Crippen LogP contribution in [-0.4, -0.2) is 80.3 Å². The highest BCUT2D eigenvalue weighted by Crippen LogP contribution is 2.26. The predicted octanol–water partition coefficient (Wildman–Crippen LogP) is 5.00. The first-order chi connectivity index (χ1) is 17.4. The minimum Gasteiger partial charge on any atom is -0.444 e. The highest BCUT2D eigenvalue weighted by Gasteiger charge is 2.33. The molecule has 4 heterocycles. The summed E-state index contributed by atoms with van der Waals surface area (Å²) in [5.41, 5.74) is 2.48. The van der Waals surface area contributed by atoms with Crippen LogP contribution in [-0.2, 0) is 9.47 Å². The van der Waals surface area contributed by atoms with Crippen molar-refractivity contribution in [2.75, 3.05) is 31.5 Å². The van der Waals surface area contributed by atoms with Gasteiger partial charge in [0.1, 0.15) is 11.7 Å². The number of hydrogen-bond acceptors (Lipinski definition) is 7. The molecule has 10 heteroatoms. The third-order valence-corrected chi connectivity index (χ3v) is 6.88. The molecule has 204 valence electrons. The van der Waals surface area contributed by atoms with E-state index in [1.807, 2.05) is 27.0 Å². The molecule has 37 heavy (non-hydrogen) atoms. The number of imidazole rings is 1. The summed E-state index contributed by atoms with van der Waals surface area (Å²) in [7, 11) is 0. The number of likely N-dealkylation sites (tertiary alicyclic amines) is 2. The molecule has 0 saturated carbocycles. The Balaban J connectivity index is 1.32. The number of piperidine rings is 1. The molecule has 0 aliphatic carbocycles. The van der Waals surface area contributed by atoms with E-state index in [1.54, 1.807) is 9.80 Å². The molecule has 0 bridgehead atoms. The molecule has 2 aliphatic rings. The number of amides is 2. The highest BCUT2D eigenvalue weighted by molar-refractivity contribution is 5.70. The van der Waals surface area contributed by atoms with Crippen LogP contribution in [0.4, 0.5) is 15.4 Å². The zero-order valence-corrected chi connectivity index (χ0v) is 23.3. The first-order valence-corrected chi connectivity index (χ1v) is 13.5. The predicted molar refractivity (Wildman–Crippen MR) is 142 cm³/mol. The summed E-state index contributed by atoms with van der Waals surface area (Å²) >= 11 is 0. The van der Waals surface area contributed by atoms with Gasteiger partial charge >= 0.3 is 12.2 Å². The van der Waals surface area contributed by atoms with Gasteiger partial charge in [0.2, 0.25) is 0 Å². The van der Waals surface area contributed by atoms with Crippen molar-refractivity contribution in [1.82, 2.24) is 24.2 Å². The molecular formula is C27H42N6O4. The number of carbonyl (C=O) groups is 2. The quantitative estimate of drug-likeness (QED) is 0.599. The van der Waals surface area contributed by atoms with Gasteiger partial charge in [0.25, 0.3) is 0 Å². The van der Waals surface area contributed by atoms with Crippen LogP contribution in [0.3, 0.4) is 0 Å². The van der Waals surface area contributed by atoms with E-state index in [2.05, 4.69) is 48.6 Å². The van der Waals surface area contributed by atoms with Crippen molar-refractivity contribution in [3.05, 3.63) is 23.8 Å². The summed E-state index contributed by atoms with van der Waals surface area (Å²) in [6.07, 6.45) is 5.26. The third kappa shape index (κ3) is 6.45. The number of anilines is 1.